The van der Waals surface area contributed by atoms with Gasteiger partial charge in [0.15, 0.2) is 5.60 Å². The smallest absolute Gasteiger partial charge is 0.389 e. The molecule has 1 aliphatic rings. The van der Waals surface area contributed by atoms with Gasteiger partial charge in [-0.15, -0.1) is 0 Å². The van der Waals surface area contributed by atoms with Crippen LogP contribution in [0.5, 0.6) is 0 Å². The second-order valence-electron chi connectivity index (χ2n) is 8.49. The van der Waals surface area contributed by atoms with Crippen LogP contribution in [0.4, 0.5) is 22.0 Å². The summed E-state index contributed by atoms with van der Waals surface area (Å²) in [5.74, 6) is -2.04. The SMILES string of the molecule is CC(=O)NC(Cc1cc(F)cc(F)c1)C(O)C1CC(OCCC(C)C)(C(F)(F)F)CN1. The fourth-order valence-electron chi connectivity index (χ4n) is 3.72. The molecule has 0 aromatic heterocycles. The number of rotatable bonds is 9. The number of ether oxygens (including phenoxy) is 1. The number of amides is 1. The monoisotopic (exact) mass is 452 g/mol. The molecule has 0 saturated carbocycles. The number of aliphatic hydroxyl groups excluding tert-OH is 1. The molecule has 4 unspecified atom stereocenters. The van der Waals surface area contributed by atoms with Crippen molar-refractivity contribution in [2.75, 3.05) is 13.2 Å². The molecule has 1 aliphatic heterocycles. The highest BCUT2D eigenvalue weighted by atomic mass is 19.4. The maximum absolute atomic E-state index is 13.8. The number of nitrogens with one attached hydrogen (secondary N) is 2. The van der Waals surface area contributed by atoms with E-state index in [9.17, 15) is 31.9 Å². The number of carbonyl (C=O) groups excluding carboxylic acids is 1. The molecule has 0 radical (unpaired) electrons. The van der Waals surface area contributed by atoms with Gasteiger partial charge in [0, 0.05) is 38.6 Å². The zero-order valence-corrected chi connectivity index (χ0v) is 17.7. The van der Waals surface area contributed by atoms with E-state index in [0.717, 1.165) is 12.1 Å². The van der Waals surface area contributed by atoms with Crippen molar-refractivity contribution in [2.45, 2.75) is 70.0 Å². The van der Waals surface area contributed by atoms with Crippen molar-refractivity contribution >= 4 is 5.91 Å². The van der Waals surface area contributed by atoms with Crippen molar-refractivity contribution in [2.24, 2.45) is 5.92 Å². The number of carbonyl (C=O) groups is 1. The van der Waals surface area contributed by atoms with E-state index in [1.807, 2.05) is 13.8 Å². The molecule has 4 atom stereocenters. The van der Waals surface area contributed by atoms with Crippen LogP contribution in [0.15, 0.2) is 18.2 Å². The van der Waals surface area contributed by atoms with Crippen LogP contribution >= 0.6 is 0 Å². The van der Waals surface area contributed by atoms with Gasteiger partial charge in [-0.3, -0.25) is 4.79 Å². The van der Waals surface area contributed by atoms with Crippen molar-refractivity contribution < 1.29 is 36.6 Å². The Morgan fingerprint density at radius 1 is 1.29 bits per heavy atom. The van der Waals surface area contributed by atoms with Crippen LogP contribution in [0.2, 0.25) is 0 Å². The molecule has 2 rings (SSSR count). The van der Waals surface area contributed by atoms with E-state index in [2.05, 4.69) is 10.6 Å². The third-order valence-electron chi connectivity index (χ3n) is 5.38. The highest BCUT2D eigenvalue weighted by molar-refractivity contribution is 5.73. The first kappa shape index (κ1) is 25.5. The summed E-state index contributed by atoms with van der Waals surface area (Å²) in [6.07, 6.45) is -6.39. The Hall–Kier alpha value is -1.78. The molecular formula is C21H29F5N2O3. The van der Waals surface area contributed by atoms with Gasteiger partial charge in [0.25, 0.3) is 0 Å². The summed E-state index contributed by atoms with van der Waals surface area (Å²) in [6.45, 7) is 4.30. The van der Waals surface area contributed by atoms with Crippen molar-refractivity contribution in [3.63, 3.8) is 0 Å². The number of benzene rings is 1. The van der Waals surface area contributed by atoms with E-state index in [0.29, 0.717) is 12.5 Å². The van der Waals surface area contributed by atoms with Crippen molar-refractivity contribution in [3.05, 3.63) is 35.4 Å². The lowest BCUT2D eigenvalue weighted by Crippen LogP contribution is -2.52. The van der Waals surface area contributed by atoms with E-state index >= 15 is 0 Å². The van der Waals surface area contributed by atoms with Crippen LogP contribution in [-0.2, 0) is 16.0 Å². The Morgan fingerprint density at radius 3 is 2.42 bits per heavy atom. The lowest BCUT2D eigenvalue weighted by atomic mass is 9.91. The van der Waals surface area contributed by atoms with Gasteiger partial charge < -0.3 is 20.5 Å². The van der Waals surface area contributed by atoms with Gasteiger partial charge in [0.05, 0.1) is 12.1 Å². The number of halogens is 5. The summed E-state index contributed by atoms with van der Waals surface area (Å²) in [4.78, 5) is 11.6. The fraction of sp³-hybridized carbons (Fsp3) is 0.667. The summed E-state index contributed by atoms with van der Waals surface area (Å²) in [5.41, 5.74) is -2.30. The zero-order chi connectivity index (χ0) is 23.4. The van der Waals surface area contributed by atoms with E-state index in [1.165, 1.54) is 6.92 Å². The molecule has 1 saturated heterocycles. The number of hydrogen-bond donors (Lipinski definition) is 3. The molecule has 1 amide bonds. The van der Waals surface area contributed by atoms with Gasteiger partial charge in [-0.1, -0.05) is 13.8 Å². The second-order valence-corrected chi connectivity index (χ2v) is 8.49. The summed E-state index contributed by atoms with van der Waals surface area (Å²) in [6, 6.07) is 0.661. The van der Waals surface area contributed by atoms with Crippen LogP contribution in [0.1, 0.15) is 39.2 Å². The van der Waals surface area contributed by atoms with Crippen LogP contribution in [0.25, 0.3) is 0 Å². The third-order valence-corrected chi connectivity index (χ3v) is 5.38. The number of aliphatic hydroxyl groups is 1. The average molecular weight is 452 g/mol. The average Bonchev–Trinajstić information content (AvgIpc) is 3.04. The quantitative estimate of drug-likeness (QED) is 0.504. The maximum atomic E-state index is 13.8. The van der Waals surface area contributed by atoms with Crippen LogP contribution in [-0.4, -0.2) is 54.1 Å². The molecule has 0 spiro atoms. The normalized spacial score (nSPS) is 23.7. The van der Waals surface area contributed by atoms with Gasteiger partial charge in [-0.05, 0) is 36.5 Å². The summed E-state index contributed by atoms with van der Waals surface area (Å²) >= 11 is 0. The molecule has 5 nitrogen and oxygen atoms in total. The predicted molar refractivity (Wildman–Crippen MR) is 104 cm³/mol. The molecule has 10 heteroatoms. The molecule has 1 aromatic rings. The maximum Gasteiger partial charge on any atom is 0.418 e. The van der Waals surface area contributed by atoms with Gasteiger partial charge in [0.1, 0.15) is 11.6 Å². The summed E-state index contributed by atoms with van der Waals surface area (Å²) in [7, 11) is 0. The largest absolute Gasteiger partial charge is 0.418 e. The van der Waals surface area contributed by atoms with Crippen molar-refractivity contribution in [1.29, 1.82) is 0 Å². The first-order valence-corrected chi connectivity index (χ1v) is 10.2. The Balaban J connectivity index is 2.18. The van der Waals surface area contributed by atoms with Crippen molar-refractivity contribution in [1.82, 2.24) is 10.6 Å². The van der Waals surface area contributed by atoms with Gasteiger partial charge >= 0.3 is 6.18 Å². The molecule has 0 aliphatic carbocycles. The Morgan fingerprint density at radius 2 is 1.90 bits per heavy atom. The Labute approximate surface area is 178 Å². The molecule has 1 heterocycles. The van der Waals surface area contributed by atoms with Crippen molar-refractivity contribution in [3.8, 4) is 0 Å². The first-order valence-electron chi connectivity index (χ1n) is 10.2. The standard InChI is InChI=1S/C21H29F5N2O3/c1-12(2)4-5-31-20(21(24,25)26)10-18(27-11-20)19(30)17(28-13(3)29)8-14-6-15(22)9-16(23)7-14/h6-7,9,12,17-19,27,30H,4-5,8,10-11H2,1-3H3,(H,28,29). The minimum absolute atomic E-state index is 0.0840. The van der Waals surface area contributed by atoms with Crippen LogP contribution in [0.3, 0.4) is 0 Å². The highest BCUT2D eigenvalue weighted by Crippen LogP contribution is 2.41. The number of alkyl halides is 3. The van der Waals surface area contributed by atoms with E-state index < -0.39 is 60.5 Å². The summed E-state index contributed by atoms with van der Waals surface area (Å²) in [5, 5.41) is 15.9. The third kappa shape index (κ3) is 6.85. The van der Waals surface area contributed by atoms with Crippen LogP contribution < -0.4 is 10.6 Å². The molecule has 3 N–H and O–H groups in total. The minimum atomic E-state index is -4.67. The molecule has 176 valence electrons. The molecule has 0 bridgehead atoms. The van der Waals surface area contributed by atoms with E-state index in [1.54, 1.807) is 0 Å². The van der Waals surface area contributed by atoms with Crippen LogP contribution in [0, 0.1) is 17.6 Å². The molecule has 1 fully saturated rings. The second kappa shape index (κ2) is 10.2. The number of hydrogen-bond acceptors (Lipinski definition) is 4. The molecular weight excluding hydrogens is 423 g/mol. The minimum Gasteiger partial charge on any atom is -0.389 e. The van der Waals surface area contributed by atoms with Gasteiger partial charge in [-0.25, -0.2) is 8.78 Å². The highest BCUT2D eigenvalue weighted by Gasteiger charge is 2.60. The molecule has 1 aromatic carbocycles. The Kier molecular flexibility index (Phi) is 8.40. The Bertz CT molecular complexity index is 739. The van der Waals surface area contributed by atoms with E-state index in [-0.39, 0.29) is 24.5 Å². The lowest BCUT2D eigenvalue weighted by molar-refractivity contribution is -0.271. The van der Waals surface area contributed by atoms with Gasteiger partial charge in [0.2, 0.25) is 5.91 Å². The molecule has 31 heavy (non-hydrogen) atoms. The lowest BCUT2D eigenvalue weighted by Gasteiger charge is -2.33. The fourth-order valence-corrected chi connectivity index (χ4v) is 3.72. The first-order chi connectivity index (χ1) is 14.3. The summed E-state index contributed by atoms with van der Waals surface area (Å²) < 4.78 is 73.8. The topological polar surface area (TPSA) is 70.6 Å². The predicted octanol–water partition coefficient (Wildman–Crippen LogP) is 3.10. The van der Waals surface area contributed by atoms with E-state index in [4.69, 9.17) is 4.74 Å². The van der Waals surface area contributed by atoms with Gasteiger partial charge in [-0.2, -0.15) is 13.2 Å². The zero-order valence-electron chi connectivity index (χ0n) is 17.7.